The summed E-state index contributed by atoms with van der Waals surface area (Å²) in [6.07, 6.45) is 1.56. The Kier molecular flexibility index (Phi) is 7.82. The summed E-state index contributed by atoms with van der Waals surface area (Å²) in [5, 5.41) is 2.67. The van der Waals surface area contributed by atoms with Crippen molar-refractivity contribution in [1.29, 1.82) is 0 Å². The van der Waals surface area contributed by atoms with E-state index in [1.165, 1.54) is 22.5 Å². The van der Waals surface area contributed by atoms with Crippen LogP contribution in [0.3, 0.4) is 0 Å². The van der Waals surface area contributed by atoms with Gasteiger partial charge in [-0.3, -0.25) is 9.78 Å². The fourth-order valence-electron chi connectivity index (χ4n) is 3.97. The summed E-state index contributed by atoms with van der Waals surface area (Å²) in [5.74, 6) is -0.691. The molecular formula is C27H28FN3O3S2. The smallest absolute Gasteiger partial charge is 0.245 e. The van der Waals surface area contributed by atoms with E-state index in [0.29, 0.717) is 17.4 Å². The Morgan fingerprint density at radius 1 is 1.03 bits per heavy atom. The molecule has 0 aliphatic rings. The summed E-state index contributed by atoms with van der Waals surface area (Å²) in [4.78, 5) is 20.6. The second kappa shape index (κ2) is 10.9. The van der Waals surface area contributed by atoms with Crippen LogP contribution in [-0.4, -0.2) is 41.1 Å². The lowest BCUT2D eigenvalue weighted by atomic mass is 10.2. The molecule has 1 amide bonds. The Hall–Kier alpha value is -3.14. The number of carbonyl (C=O) groups is 1. The van der Waals surface area contributed by atoms with Crippen molar-refractivity contribution in [2.45, 2.75) is 44.8 Å². The number of hydrogen-bond donors (Lipinski definition) is 0. The number of carbonyl (C=O) groups excluding carboxylic acids is 1. The van der Waals surface area contributed by atoms with E-state index in [1.807, 2.05) is 18.4 Å². The number of halogens is 1. The van der Waals surface area contributed by atoms with Crippen LogP contribution in [0, 0.1) is 12.7 Å². The van der Waals surface area contributed by atoms with E-state index in [2.05, 4.69) is 4.98 Å². The van der Waals surface area contributed by atoms with Gasteiger partial charge in [0, 0.05) is 29.0 Å². The molecule has 0 radical (unpaired) electrons. The van der Waals surface area contributed by atoms with E-state index < -0.39 is 16.1 Å². The van der Waals surface area contributed by atoms with E-state index >= 15 is 0 Å². The van der Waals surface area contributed by atoms with Gasteiger partial charge in [-0.05, 0) is 67.6 Å². The molecule has 6 nitrogen and oxygen atoms in total. The summed E-state index contributed by atoms with van der Waals surface area (Å²) in [6, 6.07) is 16.1. The van der Waals surface area contributed by atoms with E-state index in [4.69, 9.17) is 0 Å². The van der Waals surface area contributed by atoms with Crippen LogP contribution in [0.15, 0.2) is 77.1 Å². The summed E-state index contributed by atoms with van der Waals surface area (Å²) in [5.41, 5.74) is 2.19. The molecule has 2 heterocycles. The second-order valence-corrected chi connectivity index (χ2v) is 11.7. The molecule has 0 aliphatic carbocycles. The van der Waals surface area contributed by atoms with Crippen molar-refractivity contribution < 1.29 is 17.6 Å². The number of amides is 1. The number of rotatable bonds is 9. The normalized spacial score (nSPS) is 11.9. The molecule has 9 heteroatoms. The molecule has 0 aliphatic heterocycles. The minimum absolute atomic E-state index is 0.0706. The lowest BCUT2D eigenvalue weighted by Gasteiger charge is -2.29. The average Bonchev–Trinajstić information content (AvgIpc) is 3.26. The number of hydrogen-bond acceptors (Lipinski definition) is 5. The minimum Gasteiger partial charge on any atom is -0.332 e. The highest BCUT2D eigenvalue weighted by Crippen LogP contribution is 2.26. The Labute approximate surface area is 215 Å². The topological polar surface area (TPSA) is 70.6 Å². The van der Waals surface area contributed by atoms with Crippen LogP contribution in [0.5, 0.6) is 0 Å². The van der Waals surface area contributed by atoms with E-state index in [0.717, 1.165) is 16.0 Å². The van der Waals surface area contributed by atoms with E-state index in [9.17, 15) is 17.6 Å². The van der Waals surface area contributed by atoms with E-state index in [1.54, 1.807) is 72.7 Å². The van der Waals surface area contributed by atoms with Gasteiger partial charge in [-0.25, -0.2) is 12.8 Å². The Morgan fingerprint density at radius 3 is 2.42 bits per heavy atom. The van der Waals surface area contributed by atoms with Gasteiger partial charge < -0.3 is 4.90 Å². The zero-order chi connectivity index (χ0) is 25.9. The van der Waals surface area contributed by atoms with Gasteiger partial charge in [-0.1, -0.05) is 30.3 Å². The molecule has 188 valence electrons. The van der Waals surface area contributed by atoms with Gasteiger partial charge in [-0.15, -0.1) is 11.3 Å². The molecule has 4 rings (SSSR count). The fraction of sp³-hybridized carbons (Fsp3) is 0.259. The van der Waals surface area contributed by atoms with Crippen LogP contribution in [0.4, 0.5) is 4.39 Å². The van der Waals surface area contributed by atoms with Crippen molar-refractivity contribution in [1.82, 2.24) is 14.2 Å². The third-order valence-corrected chi connectivity index (χ3v) is 9.05. The molecule has 0 saturated heterocycles. The van der Waals surface area contributed by atoms with Crippen LogP contribution in [0.2, 0.25) is 0 Å². The average molecular weight is 526 g/mol. The lowest BCUT2D eigenvalue weighted by Crippen LogP contribution is -2.45. The number of aryl methyl sites for hydroxylation is 1. The van der Waals surface area contributed by atoms with Gasteiger partial charge in [0.15, 0.2) is 0 Å². The molecule has 0 unspecified atom stereocenters. The Bertz CT molecular complexity index is 1460. The third-order valence-electron chi connectivity index (χ3n) is 5.99. The highest BCUT2D eigenvalue weighted by Gasteiger charge is 2.32. The summed E-state index contributed by atoms with van der Waals surface area (Å²) < 4.78 is 42.2. The molecule has 0 N–H and O–H groups in total. The molecule has 2 aromatic heterocycles. The van der Waals surface area contributed by atoms with Crippen LogP contribution in [0.1, 0.15) is 29.9 Å². The van der Waals surface area contributed by atoms with Gasteiger partial charge >= 0.3 is 0 Å². The largest absolute Gasteiger partial charge is 0.332 e. The van der Waals surface area contributed by atoms with Gasteiger partial charge in [0.1, 0.15) is 10.7 Å². The molecule has 4 aromatic rings. The molecule has 0 bridgehead atoms. The predicted molar refractivity (Wildman–Crippen MR) is 140 cm³/mol. The molecule has 2 aromatic carbocycles. The number of benzene rings is 2. The number of aromatic nitrogens is 1. The number of nitrogens with zero attached hydrogens (tertiary/aromatic N) is 3. The maximum absolute atomic E-state index is 13.8. The van der Waals surface area contributed by atoms with Gasteiger partial charge in [0.05, 0.1) is 18.6 Å². The van der Waals surface area contributed by atoms with Crippen molar-refractivity contribution in [3.63, 3.8) is 0 Å². The quantitative estimate of drug-likeness (QED) is 0.295. The van der Waals surface area contributed by atoms with Crippen molar-refractivity contribution in [3.8, 4) is 0 Å². The molecule has 0 fully saturated rings. The SMILES string of the molecule is Cc1ccsc1CN(Cc1ccc(F)cc1)C(=O)CN(C(C)C)S(=O)(=O)c1cccc2cccnc12. The first-order chi connectivity index (χ1) is 17.2. The standard InChI is InChI=1S/C27H28FN3O3S2/c1-19(2)31(36(33,34)25-8-4-6-22-7-5-14-29-27(22)25)18-26(32)30(17-24-20(3)13-15-35-24)16-21-9-11-23(28)12-10-21/h4-15,19H,16-18H2,1-3H3. The zero-order valence-corrected chi connectivity index (χ0v) is 22.0. The molecule has 36 heavy (non-hydrogen) atoms. The van der Waals surface area contributed by atoms with E-state index in [-0.39, 0.29) is 29.7 Å². The van der Waals surface area contributed by atoms with Crippen LogP contribution < -0.4 is 0 Å². The Balaban J connectivity index is 1.66. The van der Waals surface area contributed by atoms with Crippen LogP contribution in [-0.2, 0) is 27.9 Å². The summed E-state index contributed by atoms with van der Waals surface area (Å²) in [6.45, 7) is 5.72. The van der Waals surface area contributed by atoms with Crippen LogP contribution >= 0.6 is 11.3 Å². The second-order valence-electron chi connectivity index (χ2n) is 8.88. The number of fused-ring (bicyclic) bond motifs is 1. The highest BCUT2D eigenvalue weighted by molar-refractivity contribution is 7.89. The number of pyridine rings is 1. The minimum atomic E-state index is -4.03. The zero-order valence-electron chi connectivity index (χ0n) is 20.4. The first-order valence-electron chi connectivity index (χ1n) is 11.6. The number of para-hydroxylation sites is 1. The Morgan fingerprint density at radius 2 is 1.75 bits per heavy atom. The van der Waals surface area contributed by atoms with Crippen molar-refractivity contribution in [2.24, 2.45) is 0 Å². The monoisotopic (exact) mass is 525 g/mol. The molecular weight excluding hydrogens is 497 g/mol. The van der Waals surface area contributed by atoms with Gasteiger partial charge in [0.25, 0.3) is 0 Å². The summed E-state index contributed by atoms with van der Waals surface area (Å²) >= 11 is 1.54. The third kappa shape index (κ3) is 5.64. The molecule has 0 saturated carbocycles. The van der Waals surface area contributed by atoms with Gasteiger partial charge in [-0.2, -0.15) is 4.31 Å². The lowest BCUT2D eigenvalue weighted by molar-refractivity contribution is -0.132. The summed E-state index contributed by atoms with van der Waals surface area (Å²) in [7, 11) is -4.03. The number of thiophene rings is 1. The van der Waals surface area contributed by atoms with Crippen molar-refractivity contribution in [2.75, 3.05) is 6.54 Å². The maximum atomic E-state index is 13.8. The van der Waals surface area contributed by atoms with Crippen molar-refractivity contribution in [3.05, 3.63) is 94.1 Å². The first kappa shape index (κ1) is 25.9. The molecule has 0 atom stereocenters. The van der Waals surface area contributed by atoms with Crippen LogP contribution in [0.25, 0.3) is 10.9 Å². The number of sulfonamides is 1. The molecule has 0 spiro atoms. The first-order valence-corrected chi connectivity index (χ1v) is 13.9. The van der Waals surface area contributed by atoms with Gasteiger partial charge in [0.2, 0.25) is 15.9 Å². The fourth-order valence-corrected chi connectivity index (χ4v) is 6.65. The predicted octanol–water partition coefficient (Wildman–Crippen LogP) is 5.37. The maximum Gasteiger partial charge on any atom is 0.245 e. The highest BCUT2D eigenvalue weighted by atomic mass is 32.2. The van der Waals surface area contributed by atoms with Crippen molar-refractivity contribution >= 4 is 38.2 Å².